The van der Waals surface area contributed by atoms with E-state index in [9.17, 15) is 14.0 Å². The number of carbonyl (C=O) groups excluding carboxylic acids is 1. The molecule has 10 heteroatoms. The van der Waals surface area contributed by atoms with E-state index in [1.54, 1.807) is 22.6 Å². The lowest BCUT2D eigenvalue weighted by molar-refractivity contribution is -0.118. The highest BCUT2D eigenvalue weighted by atomic mass is 35.5. The van der Waals surface area contributed by atoms with Crippen LogP contribution < -0.4 is 24.9 Å². The van der Waals surface area contributed by atoms with Gasteiger partial charge in [-0.25, -0.2) is 13.8 Å². The fraction of sp³-hybridized carbons (Fsp3) is 0.148. The van der Waals surface area contributed by atoms with Crippen molar-refractivity contribution >= 4 is 56.6 Å². The number of nitrogens with one attached hydrogen (secondary N) is 1. The molecule has 3 aromatic carbocycles. The van der Waals surface area contributed by atoms with Crippen molar-refractivity contribution in [1.82, 2.24) is 9.38 Å². The van der Waals surface area contributed by atoms with E-state index in [0.717, 1.165) is 22.2 Å². The van der Waals surface area contributed by atoms with Gasteiger partial charge in [-0.3, -0.25) is 9.59 Å². The van der Waals surface area contributed by atoms with Crippen LogP contribution in [0.4, 0.5) is 10.1 Å². The maximum absolute atomic E-state index is 13.2. The summed E-state index contributed by atoms with van der Waals surface area (Å²) in [6, 6.07) is 12.6. The fourth-order valence-corrected chi connectivity index (χ4v) is 5.16. The van der Waals surface area contributed by atoms with Crippen molar-refractivity contribution in [1.29, 1.82) is 0 Å². The molecule has 7 nitrogen and oxygen atoms in total. The molecule has 0 atom stereocenters. The minimum Gasteiger partial charge on any atom is -0.493 e. The standard InChI is InChI=1S/C27H21ClFN3O4S/c1-14-8-20-21(9-15(14)2)32-26(34)23(37-27(32)31-20)12-16-10-19(28)25(22(11-16)35-3)36-13-24(33)30-18-6-4-17(29)5-7-18/h4-12H,13H2,1-3H3,(H,30,33)/b23-12-. The lowest BCUT2D eigenvalue weighted by atomic mass is 10.1. The second-order valence-corrected chi connectivity index (χ2v) is 9.86. The molecule has 0 unspecified atom stereocenters. The van der Waals surface area contributed by atoms with E-state index in [0.29, 0.717) is 26.5 Å². The van der Waals surface area contributed by atoms with Gasteiger partial charge in [0.25, 0.3) is 11.5 Å². The summed E-state index contributed by atoms with van der Waals surface area (Å²) in [5, 5.41) is 2.83. The number of rotatable bonds is 6. The van der Waals surface area contributed by atoms with Gasteiger partial charge in [-0.2, -0.15) is 0 Å². The van der Waals surface area contributed by atoms with E-state index in [-0.39, 0.29) is 22.9 Å². The van der Waals surface area contributed by atoms with Gasteiger partial charge in [0.15, 0.2) is 23.1 Å². The minimum atomic E-state index is -0.448. The number of fused-ring (bicyclic) bond motifs is 3. The lowest BCUT2D eigenvalue weighted by Gasteiger charge is -2.13. The van der Waals surface area contributed by atoms with Gasteiger partial charge in [-0.1, -0.05) is 22.9 Å². The number of hydrogen-bond donors (Lipinski definition) is 1. The average molecular weight is 538 g/mol. The minimum absolute atomic E-state index is 0.168. The third-order valence-corrected chi connectivity index (χ3v) is 7.13. The Labute approximate surface area is 219 Å². The molecule has 5 aromatic rings. The van der Waals surface area contributed by atoms with Crippen molar-refractivity contribution in [2.45, 2.75) is 13.8 Å². The zero-order chi connectivity index (χ0) is 26.3. The summed E-state index contributed by atoms with van der Waals surface area (Å²) in [6.07, 6.45) is 1.72. The molecule has 0 saturated carbocycles. The monoisotopic (exact) mass is 537 g/mol. The average Bonchev–Trinajstić information content (AvgIpc) is 3.35. The maximum Gasteiger partial charge on any atom is 0.274 e. The van der Waals surface area contributed by atoms with Crippen LogP contribution in [0.1, 0.15) is 16.7 Å². The van der Waals surface area contributed by atoms with E-state index >= 15 is 0 Å². The number of imidazole rings is 1. The van der Waals surface area contributed by atoms with Crippen molar-refractivity contribution in [2.24, 2.45) is 0 Å². The van der Waals surface area contributed by atoms with Crippen molar-refractivity contribution in [3.8, 4) is 11.5 Å². The first-order chi connectivity index (χ1) is 17.7. The summed E-state index contributed by atoms with van der Waals surface area (Å²) in [5.41, 5.74) is 4.66. The Hall–Kier alpha value is -3.95. The number of aromatic nitrogens is 2. The highest BCUT2D eigenvalue weighted by Gasteiger charge is 2.16. The van der Waals surface area contributed by atoms with Crippen LogP contribution in [0, 0.1) is 19.7 Å². The normalized spacial score (nSPS) is 11.9. The number of benzene rings is 3. The Morgan fingerprint density at radius 2 is 1.89 bits per heavy atom. The maximum atomic E-state index is 13.2. The number of thiazole rings is 1. The second-order valence-electron chi connectivity index (χ2n) is 8.45. The molecule has 1 N–H and O–H groups in total. The Morgan fingerprint density at radius 3 is 2.62 bits per heavy atom. The molecule has 0 aliphatic carbocycles. The Morgan fingerprint density at radius 1 is 1.16 bits per heavy atom. The smallest absolute Gasteiger partial charge is 0.274 e. The molecule has 37 heavy (non-hydrogen) atoms. The van der Waals surface area contributed by atoms with Gasteiger partial charge in [-0.15, -0.1) is 0 Å². The largest absolute Gasteiger partial charge is 0.493 e. The van der Waals surface area contributed by atoms with E-state index in [2.05, 4.69) is 10.3 Å². The molecule has 0 saturated heterocycles. The van der Waals surface area contributed by atoms with Crippen LogP contribution in [0.25, 0.3) is 22.1 Å². The van der Waals surface area contributed by atoms with Gasteiger partial charge in [0.05, 0.1) is 27.7 Å². The molecule has 0 spiro atoms. The molecule has 5 rings (SSSR count). The number of hydrogen-bond acceptors (Lipinski definition) is 6. The van der Waals surface area contributed by atoms with Gasteiger partial charge < -0.3 is 14.8 Å². The molecule has 188 valence electrons. The Balaban J connectivity index is 1.42. The number of halogens is 2. The van der Waals surface area contributed by atoms with Crippen LogP contribution in [-0.2, 0) is 4.79 Å². The molecule has 0 radical (unpaired) electrons. The first-order valence-electron chi connectivity index (χ1n) is 11.2. The fourth-order valence-electron chi connectivity index (χ4n) is 3.90. The summed E-state index contributed by atoms with van der Waals surface area (Å²) in [6.45, 7) is 3.68. The van der Waals surface area contributed by atoms with Crippen molar-refractivity contribution in [3.05, 3.63) is 90.9 Å². The highest BCUT2D eigenvalue weighted by molar-refractivity contribution is 7.15. The van der Waals surface area contributed by atoms with Crippen LogP contribution in [0.15, 0.2) is 53.3 Å². The summed E-state index contributed by atoms with van der Waals surface area (Å²) in [7, 11) is 1.45. The third kappa shape index (κ3) is 4.87. The lowest BCUT2D eigenvalue weighted by Crippen LogP contribution is -2.22. The van der Waals surface area contributed by atoms with E-state index < -0.39 is 11.7 Å². The first kappa shape index (κ1) is 24.7. The summed E-state index contributed by atoms with van der Waals surface area (Å²) in [5.74, 6) is -0.354. The molecule has 1 amide bonds. The molecular formula is C27H21ClFN3O4S. The van der Waals surface area contributed by atoms with Gasteiger partial charge in [0.2, 0.25) is 0 Å². The molecule has 0 bridgehead atoms. The first-order valence-corrected chi connectivity index (χ1v) is 12.4. The van der Waals surface area contributed by atoms with Crippen LogP contribution in [-0.4, -0.2) is 29.0 Å². The third-order valence-electron chi connectivity index (χ3n) is 5.88. The van der Waals surface area contributed by atoms with Gasteiger partial charge in [-0.05, 0) is 85.1 Å². The van der Waals surface area contributed by atoms with Gasteiger partial charge >= 0.3 is 0 Å². The SMILES string of the molecule is COc1cc(/C=c2\sc3nc4cc(C)c(C)cc4n3c2=O)cc(Cl)c1OCC(=O)Nc1ccc(F)cc1. The van der Waals surface area contributed by atoms with Gasteiger partial charge in [0.1, 0.15) is 5.82 Å². The molecule has 0 aliphatic rings. The van der Waals surface area contributed by atoms with Crippen LogP contribution in [0.2, 0.25) is 5.02 Å². The topological polar surface area (TPSA) is 81.9 Å². The summed E-state index contributed by atoms with van der Waals surface area (Å²) >= 11 is 7.75. The highest BCUT2D eigenvalue weighted by Crippen LogP contribution is 2.36. The van der Waals surface area contributed by atoms with E-state index in [4.69, 9.17) is 21.1 Å². The zero-order valence-electron chi connectivity index (χ0n) is 20.1. The molecular weight excluding hydrogens is 517 g/mol. The Bertz CT molecular complexity index is 1780. The molecule has 2 aromatic heterocycles. The predicted octanol–water partition coefficient (Wildman–Crippen LogP) is 4.89. The van der Waals surface area contributed by atoms with E-state index in [1.165, 1.54) is 42.7 Å². The van der Waals surface area contributed by atoms with Crippen molar-refractivity contribution < 1.29 is 18.7 Å². The molecule has 0 aliphatic heterocycles. The zero-order valence-corrected chi connectivity index (χ0v) is 21.7. The predicted molar refractivity (Wildman–Crippen MR) is 144 cm³/mol. The van der Waals surface area contributed by atoms with E-state index in [1.807, 2.05) is 26.0 Å². The quantitative estimate of drug-likeness (QED) is 0.333. The second kappa shape index (κ2) is 9.84. The summed E-state index contributed by atoms with van der Waals surface area (Å²) in [4.78, 5) is 30.7. The number of aryl methyl sites for hydroxylation is 2. The van der Waals surface area contributed by atoms with Crippen LogP contribution >= 0.6 is 22.9 Å². The summed E-state index contributed by atoms with van der Waals surface area (Å²) < 4.78 is 26.2. The van der Waals surface area contributed by atoms with Crippen LogP contribution in [0.3, 0.4) is 0 Å². The Kier molecular flexibility index (Phi) is 6.57. The van der Waals surface area contributed by atoms with Gasteiger partial charge in [0, 0.05) is 5.69 Å². The van der Waals surface area contributed by atoms with Crippen LogP contribution in [0.5, 0.6) is 11.5 Å². The number of carbonyl (C=O) groups is 1. The number of ether oxygens (including phenoxy) is 2. The van der Waals surface area contributed by atoms with Crippen molar-refractivity contribution in [2.75, 3.05) is 19.0 Å². The molecule has 0 fully saturated rings. The number of methoxy groups -OCH3 is 1. The van der Waals surface area contributed by atoms with Crippen molar-refractivity contribution in [3.63, 3.8) is 0 Å². The number of amides is 1. The molecule has 2 heterocycles. The number of nitrogens with zero attached hydrogens (tertiary/aromatic N) is 2. The number of anilines is 1.